The minimum absolute atomic E-state index is 0.181. The number of thioether (sulfide) groups is 1. The molecule has 0 N–H and O–H groups in total. The molecule has 0 saturated heterocycles. The van der Waals surface area contributed by atoms with E-state index in [0.717, 1.165) is 44.7 Å². The fourth-order valence-corrected chi connectivity index (χ4v) is 6.55. The van der Waals surface area contributed by atoms with Crippen molar-refractivity contribution in [2.75, 3.05) is 26.6 Å². The quantitative estimate of drug-likeness (QED) is 0.180. The zero-order valence-electron chi connectivity index (χ0n) is 22.8. The molecule has 0 amide bonds. The highest BCUT2D eigenvalue weighted by atomic mass is 32.2. The Bertz CT molecular complexity index is 1570. The van der Waals surface area contributed by atoms with E-state index in [2.05, 4.69) is 24.3 Å². The number of hydrogen-bond donors (Lipinski definition) is 0. The predicted octanol–water partition coefficient (Wildman–Crippen LogP) is 4.84. The zero-order valence-corrected chi connectivity index (χ0v) is 24.5. The number of aryl methyl sites for hydroxylation is 3. The van der Waals surface area contributed by atoms with Crippen molar-refractivity contribution < 1.29 is 14.3 Å². The van der Waals surface area contributed by atoms with Gasteiger partial charge < -0.3 is 9.47 Å². The van der Waals surface area contributed by atoms with E-state index in [0.29, 0.717) is 23.4 Å². The molecule has 0 aliphatic carbocycles. The van der Waals surface area contributed by atoms with Crippen LogP contribution in [0.15, 0.2) is 63.0 Å². The molecule has 206 valence electrons. The van der Waals surface area contributed by atoms with Crippen LogP contribution >= 0.6 is 23.1 Å². The molecule has 0 bridgehead atoms. The highest BCUT2D eigenvalue weighted by Gasteiger charge is 2.22. The molecule has 0 atom stereocenters. The second-order valence-electron chi connectivity index (χ2n) is 9.27. The molecule has 2 aromatic heterocycles. The van der Waals surface area contributed by atoms with Crippen LogP contribution in [0.5, 0.6) is 0 Å². The van der Waals surface area contributed by atoms with Crippen molar-refractivity contribution in [2.45, 2.75) is 51.1 Å². The van der Waals surface area contributed by atoms with Crippen molar-refractivity contribution in [3.05, 3.63) is 96.5 Å². The summed E-state index contributed by atoms with van der Waals surface area (Å²) in [6.07, 6.45) is 4.43. The van der Waals surface area contributed by atoms with Gasteiger partial charge >= 0.3 is 11.7 Å². The minimum Gasteiger partial charge on any atom is -0.465 e. The average Bonchev–Trinajstić information content (AvgIpc) is 3.27. The lowest BCUT2D eigenvalue weighted by atomic mass is 10.0. The first-order valence-electron chi connectivity index (χ1n) is 13.0. The number of aromatic nitrogens is 2. The van der Waals surface area contributed by atoms with E-state index in [1.54, 1.807) is 30.4 Å². The van der Waals surface area contributed by atoms with E-state index in [9.17, 15) is 14.4 Å². The third-order valence-electron chi connectivity index (χ3n) is 6.77. The summed E-state index contributed by atoms with van der Waals surface area (Å²) in [5.41, 5.74) is 3.34. The summed E-state index contributed by atoms with van der Waals surface area (Å²) in [5.74, 6) is -0.603. The van der Waals surface area contributed by atoms with Gasteiger partial charge in [0.2, 0.25) is 0 Å². The summed E-state index contributed by atoms with van der Waals surface area (Å²) in [4.78, 5) is 42.3. The van der Waals surface area contributed by atoms with Crippen LogP contribution in [0, 0.1) is 6.92 Å². The van der Waals surface area contributed by atoms with E-state index in [1.165, 1.54) is 22.5 Å². The van der Waals surface area contributed by atoms with Crippen molar-refractivity contribution in [1.82, 2.24) is 9.13 Å². The second kappa shape index (κ2) is 13.3. The molecule has 0 aliphatic heterocycles. The molecule has 0 spiro atoms. The maximum atomic E-state index is 13.7. The normalized spacial score (nSPS) is 11.3. The van der Waals surface area contributed by atoms with Gasteiger partial charge in [-0.1, -0.05) is 42.5 Å². The Labute approximate surface area is 236 Å². The molecule has 0 fully saturated rings. The summed E-state index contributed by atoms with van der Waals surface area (Å²) < 4.78 is 12.9. The maximum Gasteiger partial charge on any atom is 0.332 e. The first-order chi connectivity index (χ1) is 18.9. The Morgan fingerprint density at radius 3 is 2.33 bits per heavy atom. The van der Waals surface area contributed by atoms with Gasteiger partial charge in [0.25, 0.3) is 5.56 Å². The second-order valence-corrected chi connectivity index (χ2v) is 11.2. The third-order valence-corrected chi connectivity index (χ3v) is 8.98. The smallest absolute Gasteiger partial charge is 0.332 e. The summed E-state index contributed by atoms with van der Waals surface area (Å²) >= 11 is 3.10. The van der Waals surface area contributed by atoms with Crippen molar-refractivity contribution in [2.24, 2.45) is 0 Å². The molecule has 4 rings (SSSR count). The van der Waals surface area contributed by atoms with Gasteiger partial charge in [-0.3, -0.25) is 14.2 Å². The maximum absolute atomic E-state index is 13.7. The number of ether oxygens (including phenoxy) is 2. The number of carbonyl (C=O) groups excluding carboxylic acids is 1. The molecule has 0 saturated carbocycles. The first kappa shape index (κ1) is 28.9. The van der Waals surface area contributed by atoms with E-state index >= 15 is 0 Å². The SMILES string of the molecule is CCOC(=O)Cn1c(=O)c2c(C)c(CCc3ccc(CCOC)cc3)sc2n(Cc2ccccc2SC)c1=O. The summed E-state index contributed by atoms with van der Waals surface area (Å²) in [5, 5.41) is 0.496. The fourth-order valence-electron chi connectivity index (χ4n) is 4.65. The lowest BCUT2D eigenvalue weighted by Gasteiger charge is -2.13. The molecule has 2 aromatic carbocycles. The van der Waals surface area contributed by atoms with Gasteiger partial charge in [-0.15, -0.1) is 23.1 Å². The van der Waals surface area contributed by atoms with Crippen LogP contribution in [0.25, 0.3) is 10.2 Å². The number of thiophene rings is 1. The Balaban J connectivity index is 1.75. The summed E-state index contributed by atoms with van der Waals surface area (Å²) in [7, 11) is 1.70. The van der Waals surface area contributed by atoms with Gasteiger partial charge in [0.15, 0.2) is 0 Å². The predicted molar refractivity (Wildman–Crippen MR) is 158 cm³/mol. The van der Waals surface area contributed by atoms with Crippen molar-refractivity contribution in [3.8, 4) is 0 Å². The lowest BCUT2D eigenvalue weighted by molar-refractivity contribution is -0.143. The number of esters is 1. The van der Waals surface area contributed by atoms with Crippen LogP contribution in [-0.2, 0) is 46.6 Å². The molecule has 2 heterocycles. The Kier molecular flexibility index (Phi) is 9.83. The van der Waals surface area contributed by atoms with Crippen LogP contribution in [0.3, 0.4) is 0 Å². The van der Waals surface area contributed by atoms with Gasteiger partial charge in [-0.25, -0.2) is 9.36 Å². The monoisotopic (exact) mass is 566 g/mol. The summed E-state index contributed by atoms with van der Waals surface area (Å²) in [6.45, 7) is 4.40. The van der Waals surface area contributed by atoms with Gasteiger partial charge in [-0.05, 0) is 67.7 Å². The highest BCUT2D eigenvalue weighted by Crippen LogP contribution is 2.30. The van der Waals surface area contributed by atoms with E-state index in [1.807, 2.05) is 37.4 Å². The standard InChI is InChI=1S/C30H34N2O5S2/c1-5-37-26(33)19-31-28(34)27-20(2)24(15-14-21-10-12-22(13-11-21)16-17-36-3)39-29(27)32(30(31)35)18-23-8-6-7-9-25(23)38-4/h6-13H,5,14-19H2,1-4H3. The van der Waals surface area contributed by atoms with Crippen LogP contribution in [0.4, 0.5) is 0 Å². The number of carbonyl (C=O) groups is 1. The number of fused-ring (bicyclic) bond motifs is 1. The number of benzene rings is 2. The van der Waals surface area contributed by atoms with Crippen LogP contribution in [-0.4, -0.2) is 41.7 Å². The zero-order chi connectivity index (χ0) is 27.9. The average molecular weight is 567 g/mol. The molecular weight excluding hydrogens is 532 g/mol. The molecule has 0 aliphatic rings. The molecule has 7 nitrogen and oxygen atoms in total. The third kappa shape index (κ3) is 6.54. The Hall–Kier alpha value is -3.14. The molecule has 9 heteroatoms. The number of hydrogen-bond acceptors (Lipinski definition) is 7. The number of rotatable bonds is 12. The minimum atomic E-state index is -0.603. The molecular formula is C30H34N2O5S2. The van der Waals surface area contributed by atoms with Crippen molar-refractivity contribution in [1.29, 1.82) is 0 Å². The summed E-state index contributed by atoms with van der Waals surface area (Å²) in [6, 6.07) is 16.4. The van der Waals surface area contributed by atoms with Gasteiger partial charge in [-0.2, -0.15) is 0 Å². The van der Waals surface area contributed by atoms with E-state index in [4.69, 9.17) is 9.47 Å². The van der Waals surface area contributed by atoms with E-state index in [-0.39, 0.29) is 6.61 Å². The van der Waals surface area contributed by atoms with Crippen LogP contribution < -0.4 is 11.2 Å². The Morgan fingerprint density at radius 2 is 1.67 bits per heavy atom. The van der Waals surface area contributed by atoms with Crippen LogP contribution in [0.2, 0.25) is 0 Å². The van der Waals surface area contributed by atoms with Gasteiger partial charge in [0.1, 0.15) is 11.4 Å². The largest absolute Gasteiger partial charge is 0.465 e. The van der Waals surface area contributed by atoms with E-state index < -0.39 is 23.8 Å². The molecule has 39 heavy (non-hydrogen) atoms. The molecule has 0 radical (unpaired) electrons. The number of methoxy groups -OCH3 is 1. The number of nitrogens with zero attached hydrogens (tertiary/aromatic N) is 2. The topological polar surface area (TPSA) is 79.5 Å². The van der Waals surface area contributed by atoms with Crippen molar-refractivity contribution in [3.63, 3.8) is 0 Å². The van der Waals surface area contributed by atoms with Crippen molar-refractivity contribution >= 4 is 39.3 Å². The highest BCUT2D eigenvalue weighted by molar-refractivity contribution is 7.98. The molecule has 0 unspecified atom stereocenters. The first-order valence-corrected chi connectivity index (χ1v) is 15.0. The Morgan fingerprint density at radius 1 is 0.974 bits per heavy atom. The molecule has 4 aromatic rings. The fraction of sp³-hybridized carbons (Fsp3) is 0.367. The van der Waals surface area contributed by atoms with Crippen LogP contribution in [0.1, 0.15) is 34.1 Å². The lowest BCUT2D eigenvalue weighted by Crippen LogP contribution is -2.42. The van der Waals surface area contributed by atoms with Gasteiger partial charge in [0.05, 0.1) is 25.1 Å². The van der Waals surface area contributed by atoms with Gasteiger partial charge in [0, 0.05) is 16.9 Å².